The molecule has 2 amide bonds. The molecule has 4 saturated carbocycles. The third-order valence-corrected chi connectivity index (χ3v) is 6.96. The topological polar surface area (TPSA) is 58.6 Å². The van der Waals surface area contributed by atoms with Crippen LogP contribution in [0.4, 0.5) is 4.79 Å². The van der Waals surface area contributed by atoms with Crippen LogP contribution in [0.5, 0.6) is 0 Å². The number of carbonyl (C=O) groups is 2. The monoisotopic (exact) mass is 384 g/mol. The molecule has 152 valence electrons. The van der Waals surface area contributed by atoms with E-state index < -0.39 is 0 Å². The van der Waals surface area contributed by atoms with Crippen molar-refractivity contribution >= 4 is 12.0 Å². The van der Waals surface area contributed by atoms with Crippen molar-refractivity contribution in [3.8, 4) is 0 Å². The summed E-state index contributed by atoms with van der Waals surface area (Å²) in [6, 6.07) is 9.76. The summed E-state index contributed by atoms with van der Waals surface area (Å²) in [6.45, 7) is 1.98. The summed E-state index contributed by atoms with van der Waals surface area (Å²) in [4.78, 5) is 26.2. The molecule has 4 bridgehead atoms. The third-order valence-electron chi connectivity index (χ3n) is 6.96. The van der Waals surface area contributed by atoms with Crippen LogP contribution in [0.1, 0.15) is 63.5 Å². The van der Waals surface area contributed by atoms with Crippen LogP contribution < -0.4 is 5.32 Å². The van der Waals surface area contributed by atoms with Crippen molar-refractivity contribution in [3.63, 3.8) is 0 Å². The lowest BCUT2D eigenvalue weighted by Crippen LogP contribution is -2.61. The quantitative estimate of drug-likeness (QED) is 0.744. The summed E-state index contributed by atoms with van der Waals surface area (Å²) in [5.41, 5.74) is 0.988. The smallest absolute Gasteiger partial charge is 0.317 e. The predicted octanol–water partition coefficient (Wildman–Crippen LogP) is 4.29. The molecule has 0 heterocycles. The summed E-state index contributed by atoms with van der Waals surface area (Å²) in [5.74, 6) is 2.13. The Hall–Kier alpha value is -2.04. The van der Waals surface area contributed by atoms with Crippen LogP contribution in [0.2, 0.25) is 0 Å². The van der Waals surface area contributed by atoms with Gasteiger partial charge >= 0.3 is 12.0 Å². The molecule has 0 radical (unpaired) electrons. The highest BCUT2D eigenvalue weighted by Gasteiger charge is 2.51. The summed E-state index contributed by atoms with van der Waals surface area (Å²) >= 11 is 0. The third kappa shape index (κ3) is 4.18. The largest absolute Gasteiger partial charge is 0.458 e. The van der Waals surface area contributed by atoms with Crippen LogP contribution in [0.15, 0.2) is 30.3 Å². The average Bonchev–Trinajstić information content (AvgIpc) is 2.63. The normalized spacial score (nSPS) is 31.3. The maximum Gasteiger partial charge on any atom is 0.317 e. The number of ether oxygens (including phenoxy) is 1. The van der Waals surface area contributed by atoms with E-state index in [1.165, 1.54) is 26.2 Å². The molecule has 4 aliphatic carbocycles. The van der Waals surface area contributed by atoms with E-state index in [-0.39, 0.29) is 23.6 Å². The van der Waals surface area contributed by atoms with Crippen molar-refractivity contribution in [2.75, 3.05) is 13.6 Å². The molecule has 4 fully saturated rings. The van der Waals surface area contributed by atoms with Crippen molar-refractivity contribution in [3.05, 3.63) is 35.9 Å². The van der Waals surface area contributed by atoms with E-state index in [0.717, 1.165) is 42.6 Å². The van der Waals surface area contributed by atoms with Crippen molar-refractivity contribution in [2.45, 2.75) is 63.5 Å². The Morgan fingerprint density at radius 2 is 1.68 bits per heavy atom. The minimum absolute atomic E-state index is 0.0107. The molecule has 0 spiro atoms. The molecule has 5 rings (SSSR count). The molecule has 0 aliphatic heterocycles. The lowest BCUT2D eigenvalue weighted by atomic mass is 9.53. The number of nitrogens with zero attached hydrogens (tertiary/aromatic N) is 1. The highest BCUT2D eigenvalue weighted by Crippen LogP contribution is 2.55. The molecule has 5 nitrogen and oxygen atoms in total. The van der Waals surface area contributed by atoms with Gasteiger partial charge in [-0.05, 0) is 61.8 Å². The van der Waals surface area contributed by atoms with Gasteiger partial charge in [0.1, 0.15) is 6.10 Å². The average molecular weight is 385 g/mol. The Bertz CT molecular complexity index is 683. The van der Waals surface area contributed by atoms with E-state index in [9.17, 15) is 9.59 Å². The molecule has 4 aliphatic rings. The first-order chi connectivity index (χ1) is 13.4. The van der Waals surface area contributed by atoms with Crippen LogP contribution >= 0.6 is 0 Å². The number of carbonyl (C=O) groups excluding carboxylic acids is 2. The van der Waals surface area contributed by atoms with E-state index in [1.807, 2.05) is 37.4 Å². The molecule has 1 atom stereocenters. The lowest BCUT2D eigenvalue weighted by molar-refractivity contribution is -0.147. The predicted molar refractivity (Wildman–Crippen MR) is 108 cm³/mol. The van der Waals surface area contributed by atoms with Crippen LogP contribution in [0.3, 0.4) is 0 Å². The Labute approximate surface area is 167 Å². The Balaban J connectivity index is 1.34. The molecule has 0 aromatic heterocycles. The standard InChI is InChI=1S/C23H32N2O3/c1-16(26)28-21(20-6-4-3-5-7-20)8-9-25(2)22(27)24-23-13-17-10-18(14-23)12-19(11-17)15-23/h3-7,17-19,21H,8-15H2,1-2H3,(H,24,27). The van der Waals surface area contributed by atoms with Gasteiger partial charge in [-0.3, -0.25) is 4.79 Å². The first-order valence-electron chi connectivity index (χ1n) is 10.7. The first kappa shape index (κ1) is 19.3. The number of esters is 1. The van der Waals surface area contributed by atoms with E-state index in [2.05, 4.69) is 5.32 Å². The van der Waals surface area contributed by atoms with Gasteiger partial charge in [-0.1, -0.05) is 30.3 Å². The highest BCUT2D eigenvalue weighted by atomic mass is 16.5. The van der Waals surface area contributed by atoms with Gasteiger partial charge in [-0.15, -0.1) is 0 Å². The first-order valence-corrected chi connectivity index (χ1v) is 10.7. The van der Waals surface area contributed by atoms with Gasteiger partial charge < -0.3 is 15.0 Å². The molecular formula is C23H32N2O3. The summed E-state index contributed by atoms with van der Waals surface area (Å²) in [5, 5.41) is 3.41. The van der Waals surface area contributed by atoms with Gasteiger partial charge in [0.2, 0.25) is 0 Å². The van der Waals surface area contributed by atoms with E-state index >= 15 is 0 Å². The number of benzene rings is 1. The van der Waals surface area contributed by atoms with Crippen LogP contribution in [0, 0.1) is 17.8 Å². The summed E-state index contributed by atoms with van der Waals surface area (Å²) in [6.07, 6.45) is 7.82. The molecule has 1 aromatic rings. The Morgan fingerprint density at radius 3 is 2.21 bits per heavy atom. The summed E-state index contributed by atoms with van der Waals surface area (Å²) < 4.78 is 5.50. The number of hydrogen-bond donors (Lipinski definition) is 1. The summed E-state index contributed by atoms with van der Waals surface area (Å²) in [7, 11) is 1.84. The van der Waals surface area contributed by atoms with Crippen molar-refractivity contribution in [1.29, 1.82) is 0 Å². The number of urea groups is 1. The van der Waals surface area contributed by atoms with Crippen LogP contribution in [-0.2, 0) is 9.53 Å². The fourth-order valence-corrected chi connectivity index (χ4v) is 6.16. The van der Waals surface area contributed by atoms with Gasteiger partial charge in [0.05, 0.1) is 0 Å². The second kappa shape index (κ2) is 7.76. The fraction of sp³-hybridized carbons (Fsp3) is 0.652. The zero-order valence-corrected chi connectivity index (χ0v) is 17.0. The fourth-order valence-electron chi connectivity index (χ4n) is 6.16. The maximum atomic E-state index is 12.9. The van der Waals surface area contributed by atoms with E-state index in [1.54, 1.807) is 4.90 Å². The molecule has 28 heavy (non-hydrogen) atoms. The van der Waals surface area contributed by atoms with Gasteiger partial charge in [0.15, 0.2) is 0 Å². The van der Waals surface area contributed by atoms with Gasteiger partial charge in [0, 0.05) is 32.5 Å². The number of amides is 2. The van der Waals surface area contributed by atoms with Gasteiger partial charge in [-0.25, -0.2) is 4.79 Å². The van der Waals surface area contributed by atoms with Crippen molar-refractivity contribution in [1.82, 2.24) is 10.2 Å². The minimum Gasteiger partial charge on any atom is -0.458 e. The molecule has 1 unspecified atom stereocenters. The highest BCUT2D eigenvalue weighted by molar-refractivity contribution is 5.75. The SMILES string of the molecule is CC(=O)OC(CCN(C)C(=O)NC12CC3CC(CC(C3)C1)C2)c1ccccc1. The van der Waals surface area contributed by atoms with Crippen molar-refractivity contribution in [2.24, 2.45) is 17.8 Å². The van der Waals surface area contributed by atoms with Crippen LogP contribution in [-0.4, -0.2) is 36.0 Å². The Kier molecular flexibility index (Phi) is 5.35. The van der Waals surface area contributed by atoms with Gasteiger partial charge in [0.25, 0.3) is 0 Å². The number of hydrogen-bond acceptors (Lipinski definition) is 3. The Morgan fingerprint density at radius 1 is 1.11 bits per heavy atom. The number of rotatable bonds is 6. The lowest BCUT2D eigenvalue weighted by Gasteiger charge is -2.57. The molecule has 0 saturated heterocycles. The second-order valence-electron chi connectivity index (χ2n) is 9.35. The molecule has 1 aromatic carbocycles. The van der Waals surface area contributed by atoms with Crippen LogP contribution in [0.25, 0.3) is 0 Å². The molecule has 1 N–H and O–H groups in total. The molecular weight excluding hydrogens is 352 g/mol. The second-order valence-corrected chi connectivity index (χ2v) is 9.35. The van der Waals surface area contributed by atoms with E-state index in [4.69, 9.17) is 4.74 Å². The number of nitrogens with one attached hydrogen (secondary N) is 1. The minimum atomic E-state index is -0.325. The maximum absolute atomic E-state index is 12.9. The van der Waals surface area contributed by atoms with E-state index in [0.29, 0.717) is 13.0 Å². The van der Waals surface area contributed by atoms with Gasteiger partial charge in [-0.2, -0.15) is 0 Å². The molecule has 5 heteroatoms. The zero-order chi connectivity index (χ0) is 19.7. The van der Waals surface area contributed by atoms with Crippen molar-refractivity contribution < 1.29 is 14.3 Å². The zero-order valence-electron chi connectivity index (χ0n) is 17.0.